The average Bonchev–Trinajstić information content (AvgIpc) is 2.91. The quantitative estimate of drug-likeness (QED) is 0.902. The SMILES string of the molecule is NC1(CC(=O)Nc2ccccc2-c2cccs2)CCC1. The van der Waals surface area contributed by atoms with Gasteiger partial charge in [0.2, 0.25) is 5.91 Å². The Morgan fingerprint density at radius 3 is 2.70 bits per heavy atom. The molecule has 1 heterocycles. The minimum absolute atomic E-state index is 0.0104. The first-order valence-corrected chi connectivity index (χ1v) is 7.76. The minimum Gasteiger partial charge on any atom is -0.325 e. The van der Waals surface area contributed by atoms with Gasteiger partial charge in [0.05, 0.1) is 0 Å². The van der Waals surface area contributed by atoms with E-state index in [2.05, 4.69) is 11.4 Å². The second-order valence-corrected chi connectivity index (χ2v) is 6.41. The first-order valence-electron chi connectivity index (χ1n) is 6.88. The Balaban J connectivity index is 1.76. The van der Waals surface area contributed by atoms with Crippen LogP contribution in [0.25, 0.3) is 10.4 Å². The fraction of sp³-hybridized carbons (Fsp3) is 0.312. The molecule has 1 aliphatic rings. The van der Waals surface area contributed by atoms with Gasteiger partial charge >= 0.3 is 0 Å². The molecule has 0 radical (unpaired) electrons. The molecule has 104 valence electrons. The predicted molar refractivity (Wildman–Crippen MR) is 83.8 cm³/mol. The standard InChI is InChI=1S/C16H18N2OS/c17-16(8-4-9-16)11-15(19)18-13-6-2-1-5-12(13)14-7-3-10-20-14/h1-3,5-7,10H,4,8-9,11,17H2,(H,18,19). The molecule has 2 aromatic rings. The summed E-state index contributed by atoms with van der Waals surface area (Å²) in [5, 5.41) is 5.05. The smallest absolute Gasteiger partial charge is 0.226 e. The van der Waals surface area contributed by atoms with Crippen LogP contribution in [0.3, 0.4) is 0 Å². The van der Waals surface area contributed by atoms with Gasteiger partial charge in [-0.2, -0.15) is 0 Å². The van der Waals surface area contributed by atoms with Gasteiger partial charge < -0.3 is 11.1 Å². The molecule has 1 aliphatic carbocycles. The number of para-hydroxylation sites is 1. The molecule has 0 unspecified atom stereocenters. The van der Waals surface area contributed by atoms with Crippen molar-refractivity contribution in [2.45, 2.75) is 31.2 Å². The average molecular weight is 286 g/mol. The molecule has 1 aromatic heterocycles. The van der Waals surface area contributed by atoms with Crippen LogP contribution >= 0.6 is 11.3 Å². The first-order chi connectivity index (χ1) is 9.66. The minimum atomic E-state index is -0.276. The fourth-order valence-corrected chi connectivity index (χ4v) is 3.33. The molecule has 1 amide bonds. The highest BCUT2D eigenvalue weighted by atomic mass is 32.1. The zero-order valence-corrected chi connectivity index (χ0v) is 12.1. The molecule has 0 atom stereocenters. The molecule has 0 aliphatic heterocycles. The molecule has 3 nitrogen and oxygen atoms in total. The third kappa shape index (κ3) is 2.76. The first kappa shape index (κ1) is 13.3. The maximum absolute atomic E-state index is 12.2. The lowest BCUT2D eigenvalue weighted by Crippen LogP contribution is -2.48. The van der Waals surface area contributed by atoms with Gasteiger partial charge in [-0.3, -0.25) is 4.79 Å². The van der Waals surface area contributed by atoms with E-state index in [4.69, 9.17) is 5.73 Å². The summed E-state index contributed by atoms with van der Waals surface area (Å²) in [7, 11) is 0. The maximum atomic E-state index is 12.2. The van der Waals surface area contributed by atoms with E-state index in [-0.39, 0.29) is 11.4 Å². The van der Waals surface area contributed by atoms with Crippen molar-refractivity contribution >= 4 is 22.9 Å². The summed E-state index contributed by atoms with van der Waals surface area (Å²) in [5.41, 5.74) is 7.78. The van der Waals surface area contributed by atoms with Crippen LogP contribution in [0.1, 0.15) is 25.7 Å². The molecular formula is C16H18N2OS. The van der Waals surface area contributed by atoms with E-state index >= 15 is 0 Å². The van der Waals surface area contributed by atoms with E-state index in [0.29, 0.717) is 6.42 Å². The largest absolute Gasteiger partial charge is 0.325 e. The second-order valence-electron chi connectivity index (χ2n) is 5.46. The van der Waals surface area contributed by atoms with Crippen LogP contribution in [0.2, 0.25) is 0 Å². The number of benzene rings is 1. The molecule has 3 N–H and O–H groups in total. The van der Waals surface area contributed by atoms with Gasteiger partial charge in [-0.15, -0.1) is 11.3 Å². The summed E-state index contributed by atoms with van der Waals surface area (Å²) in [6, 6.07) is 12.0. The number of amides is 1. The Morgan fingerprint density at radius 2 is 2.05 bits per heavy atom. The Bertz CT molecular complexity index is 603. The van der Waals surface area contributed by atoms with Crippen LogP contribution in [0.15, 0.2) is 41.8 Å². The van der Waals surface area contributed by atoms with E-state index in [1.807, 2.05) is 35.7 Å². The molecular weight excluding hydrogens is 268 g/mol. The van der Waals surface area contributed by atoms with Gasteiger partial charge in [0.25, 0.3) is 0 Å². The number of hydrogen-bond donors (Lipinski definition) is 2. The van der Waals surface area contributed by atoms with Gasteiger partial charge in [0.15, 0.2) is 0 Å². The topological polar surface area (TPSA) is 55.1 Å². The van der Waals surface area contributed by atoms with E-state index in [0.717, 1.165) is 35.4 Å². The normalized spacial score (nSPS) is 16.4. The number of carbonyl (C=O) groups excluding carboxylic acids is 1. The number of rotatable bonds is 4. The molecule has 0 bridgehead atoms. The van der Waals surface area contributed by atoms with Crippen LogP contribution in [0.5, 0.6) is 0 Å². The molecule has 0 spiro atoms. The predicted octanol–water partition coefficient (Wildman–Crippen LogP) is 3.63. The van der Waals surface area contributed by atoms with E-state index in [1.165, 1.54) is 0 Å². The third-order valence-corrected chi connectivity index (χ3v) is 4.75. The summed E-state index contributed by atoms with van der Waals surface area (Å²) in [4.78, 5) is 13.3. The van der Waals surface area contributed by atoms with Gasteiger partial charge in [0.1, 0.15) is 0 Å². The van der Waals surface area contributed by atoms with Gasteiger partial charge in [-0.25, -0.2) is 0 Å². The molecule has 1 fully saturated rings. The van der Waals surface area contributed by atoms with Crippen molar-refractivity contribution < 1.29 is 4.79 Å². The zero-order chi connectivity index (χ0) is 14.0. The van der Waals surface area contributed by atoms with Crippen LogP contribution in [-0.2, 0) is 4.79 Å². The highest BCUT2D eigenvalue weighted by Crippen LogP contribution is 2.34. The molecule has 1 saturated carbocycles. The number of thiophene rings is 1. The molecule has 20 heavy (non-hydrogen) atoms. The number of nitrogens with two attached hydrogens (primary N) is 1. The number of anilines is 1. The van der Waals surface area contributed by atoms with Crippen molar-refractivity contribution in [1.29, 1.82) is 0 Å². The van der Waals surface area contributed by atoms with Crippen LogP contribution < -0.4 is 11.1 Å². The zero-order valence-electron chi connectivity index (χ0n) is 11.3. The van der Waals surface area contributed by atoms with E-state index in [1.54, 1.807) is 11.3 Å². The van der Waals surface area contributed by atoms with Crippen LogP contribution in [0, 0.1) is 0 Å². The van der Waals surface area contributed by atoms with Gasteiger partial charge in [-0.05, 0) is 36.8 Å². The summed E-state index contributed by atoms with van der Waals surface area (Å²) in [5.74, 6) is 0.0104. The number of carbonyl (C=O) groups is 1. The van der Waals surface area contributed by atoms with Crippen LogP contribution in [0.4, 0.5) is 5.69 Å². The molecule has 3 rings (SSSR count). The van der Waals surface area contributed by atoms with Crippen molar-refractivity contribution in [3.8, 4) is 10.4 Å². The summed E-state index contributed by atoms with van der Waals surface area (Å²) in [6.07, 6.45) is 3.45. The molecule has 4 heteroatoms. The number of hydrogen-bond acceptors (Lipinski definition) is 3. The lowest BCUT2D eigenvalue weighted by atomic mass is 9.75. The van der Waals surface area contributed by atoms with Crippen molar-refractivity contribution in [2.24, 2.45) is 5.73 Å². The summed E-state index contributed by atoms with van der Waals surface area (Å²) < 4.78 is 0. The Kier molecular flexibility index (Phi) is 3.59. The lowest BCUT2D eigenvalue weighted by molar-refractivity contribution is -0.118. The second kappa shape index (κ2) is 5.38. The van der Waals surface area contributed by atoms with E-state index < -0.39 is 0 Å². The molecule has 1 aromatic carbocycles. The highest BCUT2D eigenvalue weighted by Gasteiger charge is 2.34. The van der Waals surface area contributed by atoms with E-state index in [9.17, 15) is 4.79 Å². The van der Waals surface area contributed by atoms with Crippen LogP contribution in [-0.4, -0.2) is 11.4 Å². The van der Waals surface area contributed by atoms with Gasteiger partial charge in [0, 0.05) is 28.1 Å². The number of nitrogens with one attached hydrogen (secondary N) is 1. The fourth-order valence-electron chi connectivity index (χ4n) is 2.56. The monoisotopic (exact) mass is 286 g/mol. The van der Waals surface area contributed by atoms with Crippen molar-refractivity contribution in [3.63, 3.8) is 0 Å². The Hall–Kier alpha value is -1.65. The van der Waals surface area contributed by atoms with Crippen molar-refractivity contribution in [1.82, 2.24) is 0 Å². The van der Waals surface area contributed by atoms with Crippen molar-refractivity contribution in [3.05, 3.63) is 41.8 Å². The molecule has 0 saturated heterocycles. The highest BCUT2D eigenvalue weighted by molar-refractivity contribution is 7.13. The summed E-state index contributed by atoms with van der Waals surface area (Å²) >= 11 is 1.67. The van der Waals surface area contributed by atoms with Crippen molar-refractivity contribution in [2.75, 3.05) is 5.32 Å². The van der Waals surface area contributed by atoms with Gasteiger partial charge in [-0.1, -0.05) is 24.3 Å². The Morgan fingerprint density at radius 1 is 1.25 bits per heavy atom. The lowest BCUT2D eigenvalue weighted by Gasteiger charge is -2.37. The summed E-state index contributed by atoms with van der Waals surface area (Å²) in [6.45, 7) is 0. The Labute approximate surface area is 122 Å². The maximum Gasteiger partial charge on any atom is 0.226 e. The third-order valence-electron chi connectivity index (χ3n) is 3.85.